The first-order valence-corrected chi connectivity index (χ1v) is 11.9. The number of halogens is 2. The van der Waals surface area contributed by atoms with Gasteiger partial charge in [0.25, 0.3) is 0 Å². The third-order valence-electron chi connectivity index (χ3n) is 7.22. The first-order valence-electron chi connectivity index (χ1n) is 11.2. The van der Waals surface area contributed by atoms with Crippen molar-refractivity contribution in [3.05, 3.63) is 112 Å². The number of benzene rings is 4. The number of carbonyl (C=O) groups is 1. The molecule has 3 nitrogen and oxygen atoms in total. The first-order chi connectivity index (χ1) is 16.1. The molecule has 1 fully saturated rings. The molecule has 0 saturated carbocycles. The molecule has 3 atom stereocenters. The van der Waals surface area contributed by atoms with Crippen molar-refractivity contribution in [3.8, 4) is 0 Å². The molecule has 33 heavy (non-hydrogen) atoms. The SMILES string of the molecule is O=C1Nc2cc(Cl)ccc2C12C(c1cccc(Cl)c1)CCNC2c1cccc2ccccc12. The average molecular weight is 473 g/mol. The van der Waals surface area contributed by atoms with Crippen LogP contribution in [-0.2, 0) is 10.2 Å². The molecule has 6 rings (SSSR count). The quantitative estimate of drug-likeness (QED) is 0.334. The summed E-state index contributed by atoms with van der Waals surface area (Å²) in [6.45, 7) is 0.795. The van der Waals surface area contributed by atoms with Crippen molar-refractivity contribution in [1.82, 2.24) is 5.32 Å². The van der Waals surface area contributed by atoms with E-state index in [0.717, 1.165) is 46.1 Å². The van der Waals surface area contributed by atoms with E-state index < -0.39 is 5.41 Å². The summed E-state index contributed by atoms with van der Waals surface area (Å²) in [4.78, 5) is 14.1. The van der Waals surface area contributed by atoms with Gasteiger partial charge in [-0.1, -0.05) is 83.9 Å². The summed E-state index contributed by atoms with van der Waals surface area (Å²) in [5.74, 6) is -0.0567. The van der Waals surface area contributed by atoms with E-state index in [0.29, 0.717) is 10.0 Å². The second-order valence-electron chi connectivity index (χ2n) is 8.86. The van der Waals surface area contributed by atoms with Crippen LogP contribution in [0.2, 0.25) is 10.0 Å². The molecule has 0 aliphatic carbocycles. The summed E-state index contributed by atoms with van der Waals surface area (Å²) in [6.07, 6.45) is 0.817. The minimum atomic E-state index is -0.840. The Morgan fingerprint density at radius 1 is 0.848 bits per heavy atom. The lowest BCUT2D eigenvalue weighted by Gasteiger charge is -2.47. The lowest BCUT2D eigenvalue weighted by atomic mass is 9.59. The monoisotopic (exact) mass is 472 g/mol. The summed E-state index contributed by atoms with van der Waals surface area (Å²) in [5, 5.41) is 10.5. The minimum Gasteiger partial charge on any atom is -0.325 e. The first kappa shape index (κ1) is 20.7. The highest BCUT2D eigenvalue weighted by atomic mass is 35.5. The van der Waals surface area contributed by atoms with Crippen LogP contribution in [0.25, 0.3) is 10.8 Å². The molecular weight excluding hydrogens is 451 g/mol. The molecule has 1 spiro atoms. The number of hydrogen-bond donors (Lipinski definition) is 2. The molecule has 1 saturated heterocycles. The van der Waals surface area contributed by atoms with Crippen LogP contribution in [0.15, 0.2) is 84.9 Å². The zero-order valence-corrected chi connectivity index (χ0v) is 19.3. The van der Waals surface area contributed by atoms with E-state index in [1.54, 1.807) is 0 Å². The van der Waals surface area contributed by atoms with Crippen molar-refractivity contribution in [2.24, 2.45) is 0 Å². The van der Waals surface area contributed by atoms with Gasteiger partial charge in [0.05, 0.1) is 6.04 Å². The highest BCUT2D eigenvalue weighted by Gasteiger charge is 2.59. The maximum atomic E-state index is 14.1. The number of fused-ring (bicyclic) bond motifs is 3. The fourth-order valence-electron chi connectivity index (χ4n) is 5.93. The van der Waals surface area contributed by atoms with Crippen molar-refractivity contribution in [2.45, 2.75) is 23.8 Å². The standard InChI is InChI=1S/C28H22Cl2N2O/c29-19-8-3-7-18(15-19)23-13-14-31-26(22-10-4-6-17-5-1-2-9-21(17)22)28(23)24-12-11-20(30)16-25(24)32-27(28)33/h1-12,15-16,23,26,31H,13-14H2,(H,32,33). The van der Waals surface area contributed by atoms with Gasteiger partial charge < -0.3 is 10.6 Å². The zero-order valence-electron chi connectivity index (χ0n) is 17.8. The summed E-state index contributed by atoms with van der Waals surface area (Å²) < 4.78 is 0. The van der Waals surface area contributed by atoms with Crippen molar-refractivity contribution in [2.75, 3.05) is 11.9 Å². The molecule has 4 aromatic carbocycles. The summed E-state index contributed by atoms with van der Waals surface area (Å²) >= 11 is 12.7. The summed E-state index contributed by atoms with van der Waals surface area (Å²) in [5.41, 5.74) is 3.12. The molecule has 0 aromatic heterocycles. The van der Waals surface area contributed by atoms with Crippen LogP contribution in [0.1, 0.15) is 35.1 Å². The van der Waals surface area contributed by atoms with E-state index in [1.165, 1.54) is 0 Å². The number of anilines is 1. The number of carbonyl (C=O) groups excluding carboxylic acids is 1. The maximum absolute atomic E-state index is 14.1. The van der Waals surface area contributed by atoms with E-state index in [9.17, 15) is 4.79 Å². The van der Waals surface area contributed by atoms with E-state index in [-0.39, 0.29) is 17.9 Å². The smallest absolute Gasteiger partial charge is 0.237 e. The number of piperidine rings is 1. The highest BCUT2D eigenvalue weighted by molar-refractivity contribution is 6.31. The third kappa shape index (κ3) is 3.11. The van der Waals surface area contributed by atoms with Gasteiger partial charge in [0.2, 0.25) is 5.91 Å². The molecule has 2 heterocycles. The fourth-order valence-corrected chi connectivity index (χ4v) is 6.30. The van der Waals surface area contributed by atoms with Gasteiger partial charge in [-0.25, -0.2) is 0 Å². The van der Waals surface area contributed by atoms with Gasteiger partial charge in [0.1, 0.15) is 5.41 Å². The molecule has 0 bridgehead atoms. The topological polar surface area (TPSA) is 41.1 Å². The Hall–Kier alpha value is -2.85. The lowest BCUT2D eigenvalue weighted by molar-refractivity contribution is -0.123. The highest BCUT2D eigenvalue weighted by Crippen LogP contribution is 2.58. The molecule has 1 amide bonds. The summed E-state index contributed by atoms with van der Waals surface area (Å²) in [7, 11) is 0. The normalized spacial score (nSPS) is 24.1. The van der Waals surface area contributed by atoms with Crippen LogP contribution in [0, 0.1) is 0 Å². The molecule has 2 aliphatic rings. The van der Waals surface area contributed by atoms with Crippen LogP contribution in [0.5, 0.6) is 0 Å². The van der Waals surface area contributed by atoms with Gasteiger partial charge in [0.15, 0.2) is 0 Å². The van der Waals surface area contributed by atoms with Crippen LogP contribution in [-0.4, -0.2) is 12.5 Å². The van der Waals surface area contributed by atoms with Crippen LogP contribution >= 0.6 is 23.2 Å². The van der Waals surface area contributed by atoms with E-state index in [4.69, 9.17) is 23.2 Å². The van der Waals surface area contributed by atoms with Gasteiger partial charge in [-0.15, -0.1) is 0 Å². The lowest BCUT2D eigenvalue weighted by Crippen LogP contribution is -2.55. The minimum absolute atomic E-state index is 0.00474. The van der Waals surface area contributed by atoms with Gasteiger partial charge in [0, 0.05) is 21.7 Å². The average Bonchev–Trinajstić information content (AvgIpc) is 3.10. The van der Waals surface area contributed by atoms with Crippen LogP contribution in [0.4, 0.5) is 5.69 Å². The number of amides is 1. The Labute approximate surface area is 202 Å². The summed E-state index contributed by atoms with van der Waals surface area (Å²) in [6, 6.07) is 28.2. The predicted molar refractivity (Wildman–Crippen MR) is 135 cm³/mol. The molecule has 0 radical (unpaired) electrons. The van der Waals surface area contributed by atoms with Gasteiger partial charge in [-0.2, -0.15) is 0 Å². The molecule has 164 valence electrons. The second kappa shape index (κ2) is 7.88. The Balaban J connectivity index is 1.65. The maximum Gasteiger partial charge on any atom is 0.237 e. The fraction of sp³-hybridized carbons (Fsp3) is 0.179. The Morgan fingerprint density at radius 3 is 2.52 bits per heavy atom. The molecule has 3 unspecified atom stereocenters. The molecule has 4 aromatic rings. The van der Waals surface area contributed by atoms with Gasteiger partial charge >= 0.3 is 0 Å². The Kier molecular flexibility index (Phi) is 4.95. The van der Waals surface area contributed by atoms with Gasteiger partial charge in [-0.05, 0) is 64.7 Å². The van der Waals surface area contributed by atoms with Gasteiger partial charge in [-0.3, -0.25) is 4.79 Å². The molecule has 2 N–H and O–H groups in total. The predicted octanol–water partition coefficient (Wildman–Crippen LogP) is 6.85. The second-order valence-corrected chi connectivity index (χ2v) is 9.74. The number of nitrogens with one attached hydrogen (secondary N) is 2. The third-order valence-corrected chi connectivity index (χ3v) is 7.69. The van der Waals surface area contributed by atoms with E-state index in [1.807, 2.05) is 42.5 Å². The van der Waals surface area contributed by atoms with Crippen molar-refractivity contribution >= 4 is 45.6 Å². The molecule has 2 aliphatic heterocycles. The number of hydrogen-bond acceptors (Lipinski definition) is 2. The Bertz CT molecular complexity index is 1400. The largest absolute Gasteiger partial charge is 0.325 e. The Morgan fingerprint density at radius 2 is 1.64 bits per heavy atom. The van der Waals surface area contributed by atoms with Crippen LogP contribution in [0.3, 0.4) is 0 Å². The van der Waals surface area contributed by atoms with Crippen molar-refractivity contribution in [3.63, 3.8) is 0 Å². The molecule has 5 heteroatoms. The van der Waals surface area contributed by atoms with E-state index >= 15 is 0 Å². The van der Waals surface area contributed by atoms with E-state index in [2.05, 4.69) is 53.1 Å². The zero-order chi connectivity index (χ0) is 22.6. The van der Waals surface area contributed by atoms with Crippen LogP contribution < -0.4 is 10.6 Å². The molecular formula is C28H22Cl2N2O. The van der Waals surface area contributed by atoms with Crippen molar-refractivity contribution in [1.29, 1.82) is 0 Å². The number of rotatable bonds is 2. The van der Waals surface area contributed by atoms with Crippen molar-refractivity contribution < 1.29 is 4.79 Å².